The number of carbonyl (C=O) groups is 1. The summed E-state index contributed by atoms with van der Waals surface area (Å²) in [5.74, 6) is 1.32. The van der Waals surface area contributed by atoms with Crippen molar-refractivity contribution in [3.63, 3.8) is 0 Å². The highest BCUT2D eigenvalue weighted by molar-refractivity contribution is 5.82. The minimum Gasteiger partial charge on any atom is -0.493 e. The van der Waals surface area contributed by atoms with E-state index in [-0.39, 0.29) is 5.97 Å². The van der Waals surface area contributed by atoms with Gasteiger partial charge in [0.25, 0.3) is 0 Å². The fourth-order valence-corrected chi connectivity index (χ4v) is 3.84. The Morgan fingerprint density at radius 2 is 1.65 bits per heavy atom. The first-order valence-corrected chi connectivity index (χ1v) is 10.8. The highest BCUT2D eigenvalue weighted by Crippen LogP contribution is 2.32. The normalized spacial score (nSPS) is 13.0. The van der Waals surface area contributed by atoms with Gasteiger partial charge in [0.15, 0.2) is 11.5 Å². The van der Waals surface area contributed by atoms with Crippen LogP contribution in [-0.4, -0.2) is 52.3 Å². The van der Waals surface area contributed by atoms with Gasteiger partial charge in [-0.3, -0.25) is 4.79 Å². The molecule has 0 aromatic heterocycles. The van der Waals surface area contributed by atoms with Crippen molar-refractivity contribution >= 4 is 5.97 Å². The molecule has 0 N–H and O–H groups in total. The van der Waals surface area contributed by atoms with Crippen LogP contribution < -0.4 is 9.47 Å². The fourth-order valence-electron chi connectivity index (χ4n) is 3.84. The van der Waals surface area contributed by atoms with Gasteiger partial charge in [0, 0.05) is 6.54 Å². The zero-order chi connectivity index (χ0) is 23.0. The molecule has 1 unspecified atom stereocenters. The van der Waals surface area contributed by atoms with Crippen LogP contribution >= 0.6 is 0 Å². The molecule has 0 aliphatic heterocycles. The summed E-state index contributed by atoms with van der Waals surface area (Å²) in [5, 5.41) is 0. The van der Waals surface area contributed by atoms with E-state index in [1.807, 2.05) is 19.1 Å². The smallest absolute Gasteiger partial charge is 0.315 e. The summed E-state index contributed by atoms with van der Waals surface area (Å²) < 4.78 is 15.9. The van der Waals surface area contributed by atoms with E-state index in [4.69, 9.17) is 14.2 Å². The molecule has 1 atom stereocenters. The summed E-state index contributed by atoms with van der Waals surface area (Å²) in [6.45, 7) is 7.99. The van der Waals surface area contributed by atoms with Crippen molar-refractivity contribution in [2.45, 2.75) is 45.4 Å². The van der Waals surface area contributed by atoms with E-state index < -0.39 is 5.41 Å². The lowest BCUT2D eigenvalue weighted by molar-refractivity contribution is -0.147. The number of hydrogen-bond acceptors (Lipinski definition) is 5. The third kappa shape index (κ3) is 6.23. The number of benzene rings is 2. The number of esters is 1. The van der Waals surface area contributed by atoms with Gasteiger partial charge in [-0.25, -0.2) is 0 Å². The maximum atomic E-state index is 12.7. The minimum atomic E-state index is -0.641. The van der Waals surface area contributed by atoms with Crippen molar-refractivity contribution in [2.75, 3.05) is 41.5 Å². The van der Waals surface area contributed by atoms with Gasteiger partial charge < -0.3 is 19.1 Å². The second-order valence-electron chi connectivity index (χ2n) is 8.47. The largest absolute Gasteiger partial charge is 0.493 e. The summed E-state index contributed by atoms with van der Waals surface area (Å²) in [6.07, 6.45) is 2.56. The van der Waals surface area contributed by atoms with Crippen LogP contribution in [0.15, 0.2) is 36.4 Å². The van der Waals surface area contributed by atoms with Crippen molar-refractivity contribution in [2.24, 2.45) is 0 Å². The average molecular weight is 428 g/mol. The Kier molecular flexibility index (Phi) is 8.93. The predicted octanol–water partition coefficient (Wildman–Crippen LogP) is 4.71. The topological polar surface area (TPSA) is 48.0 Å². The number of rotatable bonds is 11. The van der Waals surface area contributed by atoms with E-state index in [1.165, 1.54) is 23.8 Å². The predicted molar refractivity (Wildman–Crippen MR) is 125 cm³/mol. The molecule has 170 valence electrons. The van der Waals surface area contributed by atoms with Crippen LogP contribution in [-0.2, 0) is 21.4 Å². The Morgan fingerprint density at radius 3 is 2.26 bits per heavy atom. The highest BCUT2D eigenvalue weighted by atomic mass is 16.5. The molecule has 0 heterocycles. The van der Waals surface area contributed by atoms with E-state index in [0.717, 1.165) is 49.4 Å². The number of hydrogen-bond donors (Lipinski definition) is 0. The van der Waals surface area contributed by atoms with Crippen LogP contribution in [0.25, 0.3) is 0 Å². The van der Waals surface area contributed by atoms with Crippen molar-refractivity contribution in [3.05, 3.63) is 58.7 Å². The van der Waals surface area contributed by atoms with Crippen LogP contribution in [0.1, 0.15) is 42.0 Å². The van der Waals surface area contributed by atoms with Crippen LogP contribution in [0.5, 0.6) is 11.5 Å². The molecule has 5 heteroatoms. The van der Waals surface area contributed by atoms with E-state index in [0.29, 0.717) is 0 Å². The van der Waals surface area contributed by atoms with Gasteiger partial charge in [-0.1, -0.05) is 24.3 Å². The van der Waals surface area contributed by atoms with Gasteiger partial charge >= 0.3 is 5.97 Å². The Balaban J connectivity index is 1.96. The maximum absolute atomic E-state index is 12.7. The molecule has 31 heavy (non-hydrogen) atoms. The maximum Gasteiger partial charge on any atom is 0.315 e. The lowest BCUT2D eigenvalue weighted by atomic mass is 9.77. The lowest BCUT2D eigenvalue weighted by Gasteiger charge is -2.29. The number of methoxy groups -OCH3 is 3. The van der Waals surface area contributed by atoms with Crippen LogP contribution in [0.2, 0.25) is 0 Å². The molecule has 2 aromatic rings. The van der Waals surface area contributed by atoms with Gasteiger partial charge in [-0.05, 0) is 88.0 Å². The molecule has 0 amide bonds. The van der Waals surface area contributed by atoms with Gasteiger partial charge in [-0.15, -0.1) is 0 Å². The van der Waals surface area contributed by atoms with Gasteiger partial charge in [0.05, 0.1) is 26.7 Å². The Morgan fingerprint density at radius 1 is 0.935 bits per heavy atom. The molecule has 0 spiro atoms. The van der Waals surface area contributed by atoms with Crippen LogP contribution in [0.3, 0.4) is 0 Å². The first-order valence-electron chi connectivity index (χ1n) is 10.8. The molecule has 0 saturated heterocycles. The average Bonchev–Trinajstić information content (AvgIpc) is 2.78. The quantitative estimate of drug-likeness (QED) is 0.486. The Bertz CT molecular complexity index is 880. The summed E-state index contributed by atoms with van der Waals surface area (Å²) in [5.41, 5.74) is 4.01. The molecule has 0 bridgehead atoms. The number of carbonyl (C=O) groups excluding carboxylic acids is 1. The number of ether oxygens (including phenoxy) is 3. The molecule has 2 aromatic carbocycles. The van der Waals surface area contributed by atoms with Crippen molar-refractivity contribution in [1.29, 1.82) is 0 Å². The molecule has 0 aliphatic carbocycles. The summed E-state index contributed by atoms with van der Waals surface area (Å²) in [6, 6.07) is 12.3. The molecular weight excluding hydrogens is 390 g/mol. The molecule has 5 nitrogen and oxygen atoms in total. The Labute approximate surface area is 187 Å². The second-order valence-corrected chi connectivity index (χ2v) is 8.47. The summed E-state index contributed by atoms with van der Waals surface area (Å²) in [7, 11) is 6.88. The number of aryl methyl sites for hydroxylation is 2. The molecule has 0 aliphatic rings. The first kappa shape index (κ1) is 24.7. The monoisotopic (exact) mass is 427 g/mol. The van der Waals surface area contributed by atoms with Crippen molar-refractivity contribution in [1.82, 2.24) is 4.90 Å². The first-order chi connectivity index (χ1) is 14.7. The van der Waals surface area contributed by atoms with Gasteiger partial charge in [0.1, 0.15) is 0 Å². The molecular formula is C26H37NO4. The molecule has 0 radical (unpaired) electrons. The van der Waals surface area contributed by atoms with Gasteiger partial charge in [-0.2, -0.15) is 0 Å². The van der Waals surface area contributed by atoms with Crippen LogP contribution in [0, 0.1) is 13.8 Å². The highest BCUT2D eigenvalue weighted by Gasteiger charge is 2.36. The number of nitrogens with zero attached hydrogens (tertiary/aromatic N) is 1. The number of likely N-dealkylation sites (N-methyl/N-ethyl adjacent to an activating group) is 1. The van der Waals surface area contributed by atoms with E-state index in [2.05, 4.69) is 50.1 Å². The van der Waals surface area contributed by atoms with Crippen LogP contribution in [0.4, 0.5) is 0 Å². The standard InChI is InChI=1S/C26H37NO4/c1-19-9-11-22(17-20(19)2)26(3,25(28)31-7)14-8-15-27(4)16-13-21-10-12-23(29-5)24(18-21)30-6/h9-12,17-18H,8,13-16H2,1-7H3. The molecule has 0 saturated carbocycles. The lowest BCUT2D eigenvalue weighted by Crippen LogP contribution is -2.35. The third-order valence-corrected chi connectivity index (χ3v) is 6.23. The van der Waals surface area contributed by atoms with Crippen molar-refractivity contribution < 1.29 is 19.0 Å². The summed E-state index contributed by atoms with van der Waals surface area (Å²) >= 11 is 0. The SMILES string of the molecule is COC(=O)C(C)(CCCN(C)CCc1ccc(OC)c(OC)c1)c1ccc(C)c(C)c1. The second kappa shape index (κ2) is 11.2. The van der Waals surface area contributed by atoms with E-state index in [9.17, 15) is 4.79 Å². The third-order valence-electron chi connectivity index (χ3n) is 6.23. The fraction of sp³-hybridized carbons (Fsp3) is 0.500. The zero-order valence-corrected chi connectivity index (χ0v) is 20.1. The summed E-state index contributed by atoms with van der Waals surface area (Å²) in [4.78, 5) is 15.0. The minimum absolute atomic E-state index is 0.177. The Hall–Kier alpha value is -2.53. The van der Waals surface area contributed by atoms with E-state index >= 15 is 0 Å². The van der Waals surface area contributed by atoms with Gasteiger partial charge in [0.2, 0.25) is 0 Å². The molecule has 2 rings (SSSR count). The zero-order valence-electron chi connectivity index (χ0n) is 20.1. The molecule has 0 fully saturated rings. The van der Waals surface area contributed by atoms with Crippen molar-refractivity contribution in [3.8, 4) is 11.5 Å². The van der Waals surface area contributed by atoms with E-state index in [1.54, 1.807) is 14.2 Å².